The van der Waals surface area contributed by atoms with Gasteiger partial charge in [-0.05, 0) is 51.5 Å². The van der Waals surface area contributed by atoms with Gasteiger partial charge >= 0.3 is 6.09 Å². The molecule has 0 radical (unpaired) electrons. The van der Waals surface area contributed by atoms with Crippen LogP contribution in [0.2, 0.25) is 5.15 Å². The third-order valence-corrected chi connectivity index (χ3v) is 5.06. The molecule has 3 rings (SSSR count). The summed E-state index contributed by atoms with van der Waals surface area (Å²) in [4.78, 5) is 13.9. The minimum absolute atomic E-state index is 0.117. The molecule has 1 saturated heterocycles. The number of carbonyl (C=O) groups is 1. The SMILES string of the molecule is CC(C)(C)OC(=O)N1CC2CC(Nc3cc(C(F)F)c(Cl)nn3)C[C@@H]2C1. The number of ether oxygens (including phenoxy) is 1. The molecular formula is C17H23ClF2N4O2. The van der Waals surface area contributed by atoms with Gasteiger partial charge in [0.1, 0.15) is 11.4 Å². The van der Waals surface area contributed by atoms with Gasteiger partial charge in [-0.25, -0.2) is 13.6 Å². The van der Waals surface area contributed by atoms with Gasteiger partial charge in [-0.15, -0.1) is 10.2 Å². The Morgan fingerprint density at radius 3 is 2.46 bits per heavy atom. The molecule has 26 heavy (non-hydrogen) atoms. The van der Waals surface area contributed by atoms with E-state index in [1.54, 1.807) is 4.90 Å². The van der Waals surface area contributed by atoms with Crippen molar-refractivity contribution in [1.29, 1.82) is 0 Å². The summed E-state index contributed by atoms with van der Waals surface area (Å²) in [5.74, 6) is 1.04. The number of hydrogen-bond donors (Lipinski definition) is 1. The first-order chi connectivity index (χ1) is 12.1. The summed E-state index contributed by atoms with van der Waals surface area (Å²) in [7, 11) is 0. The lowest BCUT2D eigenvalue weighted by Gasteiger charge is -2.25. The molecule has 2 fully saturated rings. The van der Waals surface area contributed by atoms with Crippen molar-refractivity contribution in [3.8, 4) is 0 Å². The van der Waals surface area contributed by atoms with Gasteiger partial charge in [0.05, 0.1) is 5.56 Å². The Bertz CT molecular complexity index is 669. The van der Waals surface area contributed by atoms with E-state index in [2.05, 4.69) is 15.5 Å². The summed E-state index contributed by atoms with van der Waals surface area (Å²) in [6.45, 7) is 6.87. The van der Waals surface area contributed by atoms with Gasteiger partial charge in [-0.3, -0.25) is 0 Å². The quantitative estimate of drug-likeness (QED) is 0.843. The molecule has 1 amide bonds. The van der Waals surface area contributed by atoms with E-state index in [4.69, 9.17) is 16.3 Å². The van der Waals surface area contributed by atoms with E-state index in [9.17, 15) is 13.6 Å². The summed E-state index contributed by atoms with van der Waals surface area (Å²) < 4.78 is 31.3. The van der Waals surface area contributed by atoms with E-state index in [-0.39, 0.29) is 22.9 Å². The molecule has 0 aromatic carbocycles. The van der Waals surface area contributed by atoms with Crippen LogP contribution in [0.1, 0.15) is 45.6 Å². The van der Waals surface area contributed by atoms with Crippen LogP contribution in [0.3, 0.4) is 0 Å². The van der Waals surface area contributed by atoms with Gasteiger partial charge in [0.25, 0.3) is 6.43 Å². The van der Waals surface area contributed by atoms with E-state index in [1.165, 1.54) is 6.07 Å². The van der Waals surface area contributed by atoms with Crippen LogP contribution in [0, 0.1) is 11.8 Å². The molecule has 1 aliphatic heterocycles. The summed E-state index contributed by atoms with van der Waals surface area (Å²) in [5, 5.41) is 10.3. The first-order valence-electron chi connectivity index (χ1n) is 8.68. The van der Waals surface area contributed by atoms with Crippen LogP contribution < -0.4 is 5.32 Å². The fraction of sp³-hybridized carbons (Fsp3) is 0.706. The molecule has 2 heterocycles. The maximum absolute atomic E-state index is 12.9. The number of likely N-dealkylation sites (tertiary alicyclic amines) is 1. The van der Waals surface area contributed by atoms with Crippen molar-refractivity contribution >= 4 is 23.5 Å². The number of halogens is 3. The van der Waals surface area contributed by atoms with E-state index < -0.39 is 12.0 Å². The number of nitrogens with one attached hydrogen (secondary N) is 1. The molecule has 2 unspecified atom stereocenters. The summed E-state index contributed by atoms with van der Waals surface area (Å²) in [5.41, 5.74) is -0.826. The number of hydrogen-bond acceptors (Lipinski definition) is 5. The molecule has 1 aromatic heterocycles. The predicted molar refractivity (Wildman–Crippen MR) is 93.4 cm³/mol. The highest BCUT2D eigenvalue weighted by Crippen LogP contribution is 2.39. The van der Waals surface area contributed by atoms with Crippen molar-refractivity contribution in [2.24, 2.45) is 11.8 Å². The molecule has 1 aliphatic carbocycles. The third-order valence-electron chi connectivity index (χ3n) is 4.77. The zero-order valence-electron chi connectivity index (χ0n) is 15.0. The monoisotopic (exact) mass is 388 g/mol. The molecule has 0 bridgehead atoms. The Balaban J connectivity index is 1.56. The van der Waals surface area contributed by atoms with Gasteiger partial charge in [0.2, 0.25) is 0 Å². The van der Waals surface area contributed by atoms with Gasteiger partial charge in [-0.1, -0.05) is 11.6 Å². The normalized spacial score (nSPS) is 25.5. The molecule has 2 aliphatic rings. The fourth-order valence-electron chi connectivity index (χ4n) is 3.72. The Morgan fingerprint density at radius 1 is 1.31 bits per heavy atom. The lowest BCUT2D eigenvalue weighted by molar-refractivity contribution is 0.0280. The zero-order valence-corrected chi connectivity index (χ0v) is 15.8. The Hall–Kier alpha value is -1.70. The minimum atomic E-state index is -2.69. The predicted octanol–water partition coefficient (Wildman–Crippen LogP) is 4.13. The van der Waals surface area contributed by atoms with E-state index in [1.807, 2.05) is 20.8 Å². The van der Waals surface area contributed by atoms with Crippen LogP contribution in [0.25, 0.3) is 0 Å². The number of amides is 1. The average Bonchev–Trinajstić information content (AvgIpc) is 3.05. The molecular weight excluding hydrogens is 366 g/mol. The first-order valence-corrected chi connectivity index (χ1v) is 9.06. The molecule has 6 nitrogen and oxygen atoms in total. The van der Waals surface area contributed by atoms with Crippen LogP contribution in [-0.4, -0.2) is 45.9 Å². The Kier molecular flexibility index (Phi) is 5.23. The second-order valence-electron chi connectivity index (χ2n) is 7.99. The Morgan fingerprint density at radius 2 is 1.92 bits per heavy atom. The standard InChI is InChI=1S/C17H23ClF2N4O2/c1-17(2,3)26-16(25)24-7-9-4-11(5-10(9)8-24)21-13-6-12(15(19)20)14(18)23-22-13/h6,9-11,15H,4-5,7-8H2,1-3H3,(H,21,22)/t9-,10?,11?/m1/s1. The maximum Gasteiger partial charge on any atom is 0.410 e. The minimum Gasteiger partial charge on any atom is -0.444 e. The van der Waals surface area contributed by atoms with Crippen LogP contribution in [0.5, 0.6) is 0 Å². The highest BCUT2D eigenvalue weighted by atomic mass is 35.5. The molecule has 9 heteroatoms. The Labute approximate surface area is 156 Å². The molecule has 1 N–H and O–H groups in total. The highest BCUT2D eigenvalue weighted by molar-refractivity contribution is 6.30. The third kappa shape index (κ3) is 4.34. The molecule has 144 valence electrons. The summed E-state index contributed by atoms with van der Waals surface area (Å²) in [6.07, 6.45) is -1.28. The van der Waals surface area contributed by atoms with E-state index in [0.29, 0.717) is 30.7 Å². The van der Waals surface area contributed by atoms with Gasteiger partial charge in [0, 0.05) is 19.1 Å². The van der Waals surface area contributed by atoms with Crippen LogP contribution >= 0.6 is 11.6 Å². The van der Waals surface area contributed by atoms with Crippen LogP contribution in [0.4, 0.5) is 19.4 Å². The highest BCUT2D eigenvalue weighted by Gasteiger charge is 2.43. The van der Waals surface area contributed by atoms with Crippen molar-refractivity contribution < 1.29 is 18.3 Å². The van der Waals surface area contributed by atoms with Crippen LogP contribution in [0.15, 0.2) is 6.07 Å². The zero-order chi connectivity index (χ0) is 19.1. The maximum atomic E-state index is 12.9. The smallest absolute Gasteiger partial charge is 0.410 e. The molecule has 3 atom stereocenters. The van der Waals surface area contributed by atoms with Gasteiger partial charge < -0.3 is 15.0 Å². The number of alkyl halides is 2. The topological polar surface area (TPSA) is 67.3 Å². The summed E-state index contributed by atoms with van der Waals surface area (Å²) >= 11 is 5.65. The van der Waals surface area contributed by atoms with E-state index >= 15 is 0 Å². The van der Waals surface area contributed by atoms with Crippen LogP contribution in [-0.2, 0) is 4.74 Å². The van der Waals surface area contributed by atoms with Crippen molar-refractivity contribution in [3.05, 3.63) is 16.8 Å². The molecule has 1 aromatic rings. The van der Waals surface area contributed by atoms with Crippen molar-refractivity contribution in [3.63, 3.8) is 0 Å². The van der Waals surface area contributed by atoms with E-state index in [0.717, 1.165) is 12.8 Å². The number of aromatic nitrogens is 2. The fourth-order valence-corrected chi connectivity index (χ4v) is 3.89. The number of rotatable bonds is 3. The van der Waals surface area contributed by atoms with Crippen molar-refractivity contribution in [2.45, 2.75) is 51.7 Å². The largest absolute Gasteiger partial charge is 0.444 e. The summed E-state index contributed by atoms with van der Waals surface area (Å²) in [6, 6.07) is 1.37. The number of fused-ring (bicyclic) bond motifs is 1. The number of carbonyl (C=O) groups excluding carboxylic acids is 1. The molecule has 0 spiro atoms. The average molecular weight is 389 g/mol. The number of nitrogens with zero attached hydrogens (tertiary/aromatic N) is 3. The second-order valence-corrected chi connectivity index (χ2v) is 8.35. The van der Waals surface area contributed by atoms with Gasteiger partial charge in [-0.2, -0.15) is 0 Å². The first kappa shape index (κ1) is 19.1. The lowest BCUT2D eigenvalue weighted by Crippen LogP contribution is -2.36. The molecule has 1 saturated carbocycles. The second kappa shape index (κ2) is 7.13. The van der Waals surface area contributed by atoms with Crippen molar-refractivity contribution in [1.82, 2.24) is 15.1 Å². The number of anilines is 1. The van der Waals surface area contributed by atoms with Crippen molar-refractivity contribution in [2.75, 3.05) is 18.4 Å². The lowest BCUT2D eigenvalue weighted by atomic mass is 10.0. The van der Waals surface area contributed by atoms with Gasteiger partial charge in [0.15, 0.2) is 5.15 Å².